The highest BCUT2D eigenvalue weighted by Crippen LogP contribution is 2.32. The summed E-state index contributed by atoms with van der Waals surface area (Å²) >= 11 is 8.80. The van der Waals surface area contributed by atoms with Gasteiger partial charge in [0.05, 0.1) is 17.8 Å². The molecule has 1 amide bonds. The van der Waals surface area contributed by atoms with E-state index in [9.17, 15) is 9.59 Å². The normalized spacial score (nSPS) is 10.7. The largest absolute Gasteiger partial charge is 0.459 e. The SMILES string of the molecule is CC(=O)N(c1nc(COC(=O)CCSc2ccc(Cl)cc2)cs1)c1ccc(C)cc1C. The van der Waals surface area contributed by atoms with Crippen LogP contribution in [0.1, 0.15) is 30.2 Å². The number of esters is 1. The molecule has 162 valence electrons. The number of hydrogen-bond acceptors (Lipinski definition) is 6. The van der Waals surface area contributed by atoms with E-state index in [-0.39, 0.29) is 18.5 Å². The first-order valence-corrected chi connectivity index (χ1v) is 11.9. The topological polar surface area (TPSA) is 59.5 Å². The highest BCUT2D eigenvalue weighted by atomic mass is 35.5. The Morgan fingerprint density at radius 1 is 1.16 bits per heavy atom. The maximum atomic E-state index is 12.3. The van der Waals surface area contributed by atoms with E-state index in [0.29, 0.717) is 28.0 Å². The number of rotatable bonds is 8. The third-order valence-electron chi connectivity index (χ3n) is 4.41. The molecule has 0 saturated heterocycles. The zero-order chi connectivity index (χ0) is 22.4. The Morgan fingerprint density at radius 3 is 2.58 bits per heavy atom. The maximum Gasteiger partial charge on any atom is 0.307 e. The molecule has 5 nitrogen and oxygen atoms in total. The van der Waals surface area contributed by atoms with Crippen LogP contribution in [0.15, 0.2) is 52.7 Å². The minimum Gasteiger partial charge on any atom is -0.459 e. The molecule has 2 aromatic carbocycles. The molecule has 0 aliphatic rings. The second-order valence-electron chi connectivity index (χ2n) is 6.98. The number of anilines is 2. The van der Waals surface area contributed by atoms with Crippen molar-refractivity contribution in [3.8, 4) is 0 Å². The van der Waals surface area contributed by atoms with Crippen molar-refractivity contribution in [3.63, 3.8) is 0 Å². The molecule has 0 atom stereocenters. The van der Waals surface area contributed by atoms with Gasteiger partial charge in [-0.3, -0.25) is 14.5 Å². The molecule has 0 spiro atoms. The molecule has 0 unspecified atom stereocenters. The second kappa shape index (κ2) is 10.8. The number of hydrogen-bond donors (Lipinski definition) is 0. The van der Waals surface area contributed by atoms with Crippen LogP contribution in [0.25, 0.3) is 0 Å². The fourth-order valence-corrected chi connectivity index (χ4v) is 4.76. The van der Waals surface area contributed by atoms with Gasteiger partial charge >= 0.3 is 5.97 Å². The van der Waals surface area contributed by atoms with Crippen LogP contribution in [0.2, 0.25) is 5.02 Å². The molecule has 0 bridgehead atoms. The van der Waals surface area contributed by atoms with Crippen LogP contribution in [-0.2, 0) is 20.9 Å². The molecule has 8 heteroatoms. The lowest BCUT2D eigenvalue weighted by Gasteiger charge is -2.20. The number of halogens is 1. The van der Waals surface area contributed by atoms with Crippen molar-refractivity contribution in [2.45, 2.75) is 38.7 Å². The zero-order valence-corrected chi connectivity index (χ0v) is 19.9. The number of benzene rings is 2. The quantitative estimate of drug-likeness (QED) is 0.282. The summed E-state index contributed by atoms with van der Waals surface area (Å²) in [6, 6.07) is 13.4. The van der Waals surface area contributed by atoms with E-state index in [0.717, 1.165) is 21.7 Å². The summed E-state index contributed by atoms with van der Waals surface area (Å²) < 4.78 is 5.35. The third kappa shape index (κ3) is 6.56. The Labute approximate surface area is 195 Å². The van der Waals surface area contributed by atoms with Gasteiger partial charge in [0.15, 0.2) is 5.13 Å². The first-order valence-electron chi connectivity index (χ1n) is 9.70. The average molecular weight is 475 g/mol. The van der Waals surface area contributed by atoms with Crippen LogP contribution in [-0.4, -0.2) is 22.6 Å². The standard InChI is InChI=1S/C23H23ClN2O3S2/c1-15-4-9-21(16(2)12-15)26(17(3)27)23-25-19(14-31-23)13-29-22(28)10-11-30-20-7-5-18(24)6-8-20/h4-9,12,14H,10-11,13H2,1-3H3. The number of thioether (sulfide) groups is 1. The molecule has 0 saturated carbocycles. The van der Waals surface area contributed by atoms with Crippen molar-refractivity contribution >= 4 is 57.4 Å². The molecule has 0 N–H and O–H groups in total. The Balaban J connectivity index is 1.55. The van der Waals surface area contributed by atoms with Gasteiger partial charge in [0.1, 0.15) is 6.61 Å². The van der Waals surface area contributed by atoms with Crippen LogP contribution in [0.3, 0.4) is 0 Å². The van der Waals surface area contributed by atoms with E-state index in [1.54, 1.807) is 16.7 Å². The molecule has 1 aromatic heterocycles. The number of ether oxygens (including phenoxy) is 1. The van der Waals surface area contributed by atoms with Gasteiger partial charge in [-0.2, -0.15) is 0 Å². The number of carbonyl (C=O) groups excluding carboxylic acids is 2. The summed E-state index contributed by atoms with van der Waals surface area (Å²) in [6.07, 6.45) is 0.298. The third-order valence-corrected chi connectivity index (χ3v) is 6.55. The smallest absolute Gasteiger partial charge is 0.307 e. The first-order chi connectivity index (χ1) is 14.8. The van der Waals surface area contributed by atoms with Gasteiger partial charge in [0, 0.05) is 28.0 Å². The average Bonchev–Trinajstić information content (AvgIpc) is 3.18. The fraction of sp³-hybridized carbons (Fsp3) is 0.261. The Hall–Kier alpha value is -2.35. The van der Waals surface area contributed by atoms with Crippen LogP contribution in [0.4, 0.5) is 10.8 Å². The number of nitrogens with zero attached hydrogens (tertiary/aromatic N) is 2. The molecule has 0 aliphatic heterocycles. The van der Waals surface area contributed by atoms with Crippen LogP contribution in [0, 0.1) is 13.8 Å². The maximum absolute atomic E-state index is 12.3. The second-order valence-corrected chi connectivity index (χ2v) is 9.42. The monoisotopic (exact) mass is 474 g/mol. The van der Waals surface area contributed by atoms with E-state index in [2.05, 4.69) is 4.98 Å². The lowest BCUT2D eigenvalue weighted by atomic mass is 10.1. The van der Waals surface area contributed by atoms with E-state index in [1.165, 1.54) is 18.3 Å². The van der Waals surface area contributed by atoms with Crippen LogP contribution in [0.5, 0.6) is 0 Å². The lowest BCUT2D eigenvalue weighted by Crippen LogP contribution is -2.23. The minimum absolute atomic E-state index is 0.0829. The fourth-order valence-electron chi connectivity index (χ4n) is 2.94. The predicted octanol–water partition coefficient (Wildman–Crippen LogP) is 6.32. The van der Waals surface area contributed by atoms with Gasteiger partial charge < -0.3 is 4.74 Å². The number of aromatic nitrogens is 1. The molecule has 3 aromatic rings. The minimum atomic E-state index is -0.284. The van der Waals surface area contributed by atoms with E-state index in [1.807, 2.05) is 61.7 Å². The molecule has 1 heterocycles. The summed E-state index contributed by atoms with van der Waals surface area (Å²) in [5.74, 6) is 0.214. The summed E-state index contributed by atoms with van der Waals surface area (Å²) in [6.45, 7) is 5.58. The lowest BCUT2D eigenvalue weighted by molar-refractivity contribution is -0.144. The van der Waals surface area contributed by atoms with Crippen molar-refractivity contribution < 1.29 is 14.3 Å². The summed E-state index contributed by atoms with van der Waals surface area (Å²) in [4.78, 5) is 31.5. The van der Waals surface area contributed by atoms with Gasteiger partial charge in [-0.1, -0.05) is 29.3 Å². The summed E-state index contributed by atoms with van der Waals surface area (Å²) in [7, 11) is 0. The molecule has 0 aliphatic carbocycles. The summed E-state index contributed by atoms with van der Waals surface area (Å²) in [5.41, 5.74) is 3.55. The number of thiazole rings is 1. The Kier molecular flexibility index (Phi) is 8.12. The van der Waals surface area contributed by atoms with Crippen LogP contribution < -0.4 is 4.90 Å². The molecule has 31 heavy (non-hydrogen) atoms. The number of aryl methyl sites for hydroxylation is 2. The highest BCUT2D eigenvalue weighted by molar-refractivity contribution is 7.99. The van der Waals surface area contributed by atoms with Crippen molar-refractivity contribution in [2.75, 3.05) is 10.7 Å². The zero-order valence-electron chi connectivity index (χ0n) is 17.6. The Morgan fingerprint density at radius 2 is 1.90 bits per heavy atom. The van der Waals surface area contributed by atoms with E-state index < -0.39 is 0 Å². The predicted molar refractivity (Wildman–Crippen MR) is 127 cm³/mol. The van der Waals surface area contributed by atoms with Crippen LogP contribution >= 0.6 is 34.7 Å². The van der Waals surface area contributed by atoms with Crippen molar-refractivity contribution in [1.29, 1.82) is 0 Å². The van der Waals surface area contributed by atoms with Crippen molar-refractivity contribution in [3.05, 3.63) is 69.7 Å². The van der Waals surface area contributed by atoms with Gasteiger partial charge in [0.2, 0.25) is 5.91 Å². The van der Waals surface area contributed by atoms with Gasteiger partial charge in [-0.15, -0.1) is 23.1 Å². The molecule has 3 rings (SSSR count). The van der Waals surface area contributed by atoms with Gasteiger partial charge in [-0.05, 0) is 49.7 Å². The molecule has 0 radical (unpaired) electrons. The summed E-state index contributed by atoms with van der Waals surface area (Å²) in [5, 5.41) is 3.06. The van der Waals surface area contributed by atoms with Gasteiger partial charge in [-0.25, -0.2) is 4.98 Å². The molecular weight excluding hydrogens is 452 g/mol. The molecule has 0 fully saturated rings. The number of carbonyl (C=O) groups is 2. The molecular formula is C23H23ClN2O3S2. The van der Waals surface area contributed by atoms with E-state index in [4.69, 9.17) is 16.3 Å². The van der Waals surface area contributed by atoms with Crippen molar-refractivity contribution in [1.82, 2.24) is 4.98 Å². The first kappa shape index (κ1) is 23.3. The highest BCUT2D eigenvalue weighted by Gasteiger charge is 2.20. The van der Waals surface area contributed by atoms with Gasteiger partial charge in [0.25, 0.3) is 0 Å². The Bertz CT molecular complexity index is 1070. The van der Waals surface area contributed by atoms with Crippen molar-refractivity contribution in [2.24, 2.45) is 0 Å². The number of amides is 1. The van der Waals surface area contributed by atoms with E-state index >= 15 is 0 Å².